The predicted octanol–water partition coefficient (Wildman–Crippen LogP) is 2.10. The SMILES string of the molecule is CC(C)(N)COCc1cncc(Br)c1. The third-order valence-corrected chi connectivity index (χ3v) is 1.94. The summed E-state index contributed by atoms with van der Waals surface area (Å²) in [5, 5.41) is 0. The zero-order chi connectivity index (χ0) is 10.6. The molecular weight excluding hydrogens is 244 g/mol. The quantitative estimate of drug-likeness (QED) is 0.900. The summed E-state index contributed by atoms with van der Waals surface area (Å²) >= 11 is 3.35. The van der Waals surface area contributed by atoms with Crippen LogP contribution in [0.3, 0.4) is 0 Å². The van der Waals surface area contributed by atoms with Gasteiger partial charge in [0.15, 0.2) is 0 Å². The minimum Gasteiger partial charge on any atom is -0.375 e. The molecule has 0 spiro atoms. The van der Waals surface area contributed by atoms with Gasteiger partial charge in [0.05, 0.1) is 13.2 Å². The van der Waals surface area contributed by atoms with Gasteiger partial charge in [0, 0.05) is 22.4 Å². The molecule has 1 rings (SSSR count). The second kappa shape index (κ2) is 4.87. The molecule has 0 saturated carbocycles. The molecule has 0 aliphatic heterocycles. The molecule has 4 heteroatoms. The average molecular weight is 259 g/mol. The van der Waals surface area contributed by atoms with Crippen molar-refractivity contribution in [3.63, 3.8) is 0 Å². The molecule has 3 nitrogen and oxygen atoms in total. The van der Waals surface area contributed by atoms with Gasteiger partial charge in [-0.3, -0.25) is 4.98 Å². The highest BCUT2D eigenvalue weighted by atomic mass is 79.9. The van der Waals surface area contributed by atoms with Crippen LogP contribution >= 0.6 is 15.9 Å². The van der Waals surface area contributed by atoms with E-state index in [4.69, 9.17) is 10.5 Å². The zero-order valence-electron chi connectivity index (χ0n) is 8.46. The summed E-state index contributed by atoms with van der Waals surface area (Å²) in [6, 6.07) is 1.98. The molecule has 0 bridgehead atoms. The maximum atomic E-state index is 5.78. The van der Waals surface area contributed by atoms with Crippen molar-refractivity contribution in [1.82, 2.24) is 4.98 Å². The van der Waals surface area contributed by atoms with E-state index in [2.05, 4.69) is 20.9 Å². The van der Waals surface area contributed by atoms with Gasteiger partial charge in [-0.25, -0.2) is 0 Å². The van der Waals surface area contributed by atoms with Crippen molar-refractivity contribution < 1.29 is 4.74 Å². The number of hydrogen-bond donors (Lipinski definition) is 1. The van der Waals surface area contributed by atoms with Crippen LogP contribution in [0.5, 0.6) is 0 Å². The number of hydrogen-bond acceptors (Lipinski definition) is 3. The highest BCUT2D eigenvalue weighted by Crippen LogP contribution is 2.10. The monoisotopic (exact) mass is 258 g/mol. The van der Waals surface area contributed by atoms with E-state index in [0.717, 1.165) is 10.0 Å². The van der Waals surface area contributed by atoms with Crippen molar-refractivity contribution >= 4 is 15.9 Å². The summed E-state index contributed by atoms with van der Waals surface area (Å²) in [6.45, 7) is 4.96. The topological polar surface area (TPSA) is 48.1 Å². The highest BCUT2D eigenvalue weighted by molar-refractivity contribution is 9.10. The Labute approximate surface area is 92.8 Å². The standard InChI is InChI=1S/C10H15BrN2O/c1-10(2,12)7-14-6-8-3-9(11)5-13-4-8/h3-5H,6-7,12H2,1-2H3. The summed E-state index contributed by atoms with van der Waals surface area (Å²) in [4.78, 5) is 4.04. The van der Waals surface area contributed by atoms with Crippen LogP contribution in [-0.4, -0.2) is 17.1 Å². The Bertz CT molecular complexity index is 296. The number of ether oxygens (including phenoxy) is 1. The smallest absolute Gasteiger partial charge is 0.0733 e. The summed E-state index contributed by atoms with van der Waals surface area (Å²) < 4.78 is 6.42. The largest absolute Gasteiger partial charge is 0.375 e. The molecule has 78 valence electrons. The molecule has 0 aromatic carbocycles. The van der Waals surface area contributed by atoms with E-state index in [1.54, 1.807) is 12.4 Å². The van der Waals surface area contributed by atoms with Gasteiger partial charge in [-0.15, -0.1) is 0 Å². The minimum atomic E-state index is -0.278. The Morgan fingerprint density at radius 1 is 1.50 bits per heavy atom. The molecule has 1 aromatic rings. The lowest BCUT2D eigenvalue weighted by Crippen LogP contribution is -2.37. The maximum Gasteiger partial charge on any atom is 0.0733 e. The molecule has 0 radical (unpaired) electrons. The molecule has 0 fully saturated rings. The first-order valence-electron chi connectivity index (χ1n) is 4.43. The molecule has 1 aromatic heterocycles. The van der Waals surface area contributed by atoms with E-state index in [0.29, 0.717) is 13.2 Å². The Balaban J connectivity index is 2.39. The molecule has 1 heterocycles. The fourth-order valence-corrected chi connectivity index (χ4v) is 1.38. The lowest BCUT2D eigenvalue weighted by atomic mass is 10.1. The van der Waals surface area contributed by atoms with Gasteiger partial charge in [0.1, 0.15) is 0 Å². The molecule has 14 heavy (non-hydrogen) atoms. The van der Waals surface area contributed by atoms with E-state index in [1.165, 1.54) is 0 Å². The van der Waals surface area contributed by atoms with Crippen LogP contribution in [0.4, 0.5) is 0 Å². The van der Waals surface area contributed by atoms with Crippen LogP contribution in [-0.2, 0) is 11.3 Å². The Morgan fingerprint density at radius 2 is 2.21 bits per heavy atom. The Morgan fingerprint density at radius 3 is 2.79 bits per heavy atom. The van der Waals surface area contributed by atoms with E-state index < -0.39 is 0 Å². The second-order valence-corrected chi connectivity index (χ2v) is 4.91. The number of pyridine rings is 1. The van der Waals surface area contributed by atoms with Crippen molar-refractivity contribution in [2.75, 3.05) is 6.61 Å². The second-order valence-electron chi connectivity index (χ2n) is 3.99. The molecule has 0 unspecified atom stereocenters. The number of aromatic nitrogens is 1. The van der Waals surface area contributed by atoms with Crippen LogP contribution in [0.2, 0.25) is 0 Å². The molecule has 2 N–H and O–H groups in total. The third kappa shape index (κ3) is 4.69. The molecule has 0 amide bonds. The first-order chi connectivity index (χ1) is 6.47. The van der Waals surface area contributed by atoms with E-state index in [9.17, 15) is 0 Å². The van der Waals surface area contributed by atoms with Crippen molar-refractivity contribution in [1.29, 1.82) is 0 Å². The van der Waals surface area contributed by atoms with Crippen LogP contribution in [0, 0.1) is 0 Å². The van der Waals surface area contributed by atoms with Gasteiger partial charge in [-0.05, 0) is 41.4 Å². The molecule has 0 saturated heterocycles. The molecule has 0 aliphatic carbocycles. The van der Waals surface area contributed by atoms with Gasteiger partial charge in [0.25, 0.3) is 0 Å². The Hall–Kier alpha value is -0.450. The third-order valence-electron chi connectivity index (χ3n) is 1.50. The van der Waals surface area contributed by atoms with Gasteiger partial charge in [-0.1, -0.05) is 0 Å². The molecular formula is C10H15BrN2O. The van der Waals surface area contributed by atoms with Crippen LogP contribution in [0.15, 0.2) is 22.9 Å². The first kappa shape index (κ1) is 11.6. The molecule has 0 atom stereocenters. The van der Waals surface area contributed by atoms with E-state index >= 15 is 0 Å². The number of rotatable bonds is 4. The minimum absolute atomic E-state index is 0.278. The fourth-order valence-electron chi connectivity index (χ4n) is 0.967. The predicted molar refractivity (Wildman–Crippen MR) is 59.9 cm³/mol. The summed E-state index contributed by atoms with van der Waals surface area (Å²) in [6.07, 6.45) is 3.53. The maximum absolute atomic E-state index is 5.78. The summed E-state index contributed by atoms with van der Waals surface area (Å²) in [5.41, 5.74) is 6.55. The summed E-state index contributed by atoms with van der Waals surface area (Å²) in [5.74, 6) is 0. The lowest BCUT2D eigenvalue weighted by Gasteiger charge is -2.18. The zero-order valence-corrected chi connectivity index (χ0v) is 10.0. The summed E-state index contributed by atoms with van der Waals surface area (Å²) in [7, 11) is 0. The van der Waals surface area contributed by atoms with Crippen molar-refractivity contribution in [3.8, 4) is 0 Å². The van der Waals surface area contributed by atoms with Gasteiger partial charge >= 0.3 is 0 Å². The van der Waals surface area contributed by atoms with Gasteiger partial charge in [-0.2, -0.15) is 0 Å². The van der Waals surface area contributed by atoms with Crippen molar-refractivity contribution in [2.45, 2.75) is 26.0 Å². The fraction of sp³-hybridized carbons (Fsp3) is 0.500. The first-order valence-corrected chi connectivity index (χ1v) is 5.23. The number of halogens is 1. The van der Waals surface area contributed by atoms with Gasteiger partial charge in [0.2, 0.25) is 0 Å². The van der Waals surface area contributed by atoms with Crippen molar-refractivity contribution in [2.24, 2.45) is 5.73 Å². The van der Waals surface area contributed by atoms with Crippen molar-refractivity contribution in [3.05, 3.63) is 28.5 Å². The van der Waals surface area contributed by atoms with Crippen LogP contribution < -0.4 is 5.73 Å². The van der Waals surface area contributed by atoms with Gasteiger partial charge < -0.3 is 10.5 Å². The lowest BCUT2D eigenvalue weighted by molar-refractivity contribution is 0.0849. The Kier molecular flexibility index (Phi) is 4.04. The van der Waals surface area contributed by atoms with E-state index in [1.807, 2.05) is 19.9 Å². The number of nitrogens with zero attached hydrogens (tertiary/aromatic N) is 1. The normalized spacial score (nSPS) is 11.7. The highest BCUT2D eigenvalue weighted by Gasteiger charge is 2.10. The number of nitrogens with two attached hydrogens (primary N) is 1. The van der Waals surface area contributed by atoms with Crippen LogP contribution in [0.25, 0.3) is 0 Å². The van der Waals surface area contributed by atoms with E-state index in [-0.39, 0.29) is 5.54 Å². The van der Waals surface area contributed by atoms with Crippen LogP contribution in [0.1, 0.15) is 19.4 Å². The average Bonchev–Trinajstić information content (AvgIpc) is 2.01. The molecule has 0 aliphatic rings.